The molecule has 126 valence electrons. The van der Waals surface area contributed by atoms with Crippen LogP contribution in [0.1, 0.15) is 24.0 Å². The minimum absolute atomic E-state index is 0.0904. The van der Waals surface area contributed by atoms with Crippen LogP contribution in [0.4, 0.5) is 0 Å². The fourth-order valence-electron chi connectivity index (χ4n) is 3.05. The number of aliphatic imine (C=N–C) groups is 1. The first kappa shape index (κ1) is 16.6. The fourth-order valence-corrected chi connectivity index (χ4v) is 3.37. The number of amides is 1. The fraction of sp³-hybridized carbons (Fsp3) is 0.333. The molecule has 1 heterocycles. The van der Waals surface area contributed by atoms with Crippen molar-refractivity contribution in [2.75, 3.05) is 6.61 Å². The third-order valence-electron chi connectivity index (χ3n) is 4.38. The van der Waals surface area contributed by atoms with E-state index in [-0.39, 0.29) is 12.1 Å². The van der Waals surface area contributed by atoms with Gasteiger partial charge in [0.05, 0.1) is 10.9 Å². The number of hydrogen-bond acceptors (Lipinski definition) is 4. The molecule has 2 aliphatic rings. The van der Waals surface area contributed by atoms with Gasteiger partial charge in [-0.3, -0.25) is 4.79 Å². The van der Waals surface area contributed by atoms with Gasteiger partial charge in [-0.2, -0.15) is 0 Å². The average Bonchev–Trinajstić information content (AvgIpc) is 2.99. The predicted octanol–water partition coefficient (Wildman–Crippen LogP) is 2.14. The number of nitrogens with two attached hydrogens (primary N) is 2. The number of carbonyl (C=O) groups is 1. The summed E-state index contributed by atoms with van der Waals surface area (Å²) in [6, 6.07) is 8.43. The van der Waals surface area contributed by atoms with E-state index < -0.39 is 10.8 Å². The highest BCUT2D eigenvalue weighted by Crippen LogP contribution is 2.40. The van der Waals surface area contributed by atoms with E-state index in [4.69, 9.17) is 27.8 Å². The smallest absolute Gasteiger partial charge is 0.282 e. The largest absolute Gasteiger partial charge is 0.463 e. The van der Waals surface area contributed by atoms with Crippen molar-refractivity contribution in [2.45, 2.75) is 30.2 Å². The maximum absolute atomic E-state index is 11.3. The third kappa shape index (κ3) is 3.46. The molecule has 0 bridgehead atoms. The second-order valence-corrected chi connectivity index (χ2v) is 6.73. The number of ether oxygens (including phenoxy) is 1. The standard InChI is InChI=1S/C18H20ClN3O2/c19-18(9-7-13(8-10-18)16(20)23)15-4-2-1-3-12(15)5-6-14-11-24-17(21)22-14/h1-4,7-9,14H,5-6,10-11H2,(H2,20,23)(H2,21,22). The van der Waals surface area contributed by atoms with E-state index >= 15 is 0 Å². The highest BCUT2D eigenvalue weighted by Gasteiger charge is 2.30. The molecule has 5 nitrogen and oxygen atoms in total. The molecule has 24 heavy (non-hydrogen) atoms. The molecule has 3 rings (SSSR count). The first-order valence-corrected chi connectivity index (χ1v) is 8.28. The van der Waals surface area contributed by atoms with E-state index in [1.54, 1.807) is 12.2 Å². The molecule has 0 saturated heterocycles. The molecule has 0 fully saturated rings. The summed E-state index contributed by atoms with van der Waals surface area (Å²) in [5, 5.41) is 0. The van der Waals surface area contributed by atoms with E-state index in [0.29, 0.717) is 18.6 Å². The van der Waals surface area contributed by atoms with Gasteiger partial charge in [0.2, 0.25) is 5.91 Å². The Labute approximate surface area is 146 Å². The highest BCUT2D eigenvalue weighted by molar-refractivity contribution is 6.26. The van der Waals surface area contributed by atoms with Crippen molar-refractivity contribution in [1.82, 2.24) is 0 Å². The van der Waals surface area contributed by atoms with Crippen LogP contribution in [-0.2, 0) is 20.8 Å². The summed E-state index contributed by atoms with van der Waals surface area (Å²) >= 11 is 6.84. The van der Waals surface area contributed by atoms with E-state index in [1.807, 2.05) is 24.3 Å². The van der Waals surface area contributed by atoms with Crippen molar-refractivity contribution in [3.05, 3.63) is 59.2 Å². The SMILES string of the molecule is NC(=O)C1=CCC(Cl)(c2ccccc2CCC2COC(N)=N2)C=C1. The first-order chi connectivity index (χ1) is 11.5. The van der Waals surface area contributed by atoms with Crippen LogP contribution in [0.25, 0.3) is 0 Å². The van der Waals surface area contributed by atoms with E-state index in [9.17, 15) is 4.79 Å². The number of primary amides is 1. The molecule has 4 N–H and O–H groups in total. The number of halogens is 1. The van der Waals surface area contributed by atoms with Crippen molar-refractivity contribution >= 4 is 23.5 Å². The van der Waals surface area contributed by atoms with E-state index in [1.165, 1.54) is 0 Å². The molecule has 1 aromatic carbocycles. The first-order valence-electron chi connectivity index (χ1n) is 7.90. The Morgan fingerprint density at radius 3 is 2.83 bits per heavy atom. The lowest BCUT2D eigenvalue weighted by molar-refractivity contribution is -0.114. The molecule has 0 aromatic heterocycles. The lowest BCUT2D eigenvalue weighted by Gasteiger charge is -2.28. The molecule has 1 aliphatic carbocycles. The van der Waals surface area contributed by atoms with E-state index in [0.717, 1.165) is 24.0 Å². The lowest BCUT2D eigenvalue weighted by atomic mass is 9.85. The van der Waals surface area contributed by atoms with Gasteiger partial charge < -0.3 is 16.2 Å². The molecule has 2 unspecified atom stereocenters. The third-order valence-corrected chi connectivity index (χ3v) is 4.86. The number of benzene rings is 1. The Morgan fingerprint density at radius 2 is 2.21 bits per heavy atom. The predicted molar refractivity (Wildman–Crippen MR) is 94.7 cm³/mol. The summed E-state index contributed by atoms with van der Waals surface area (Å²) in [5.74, 6) is -0.435. The lowest BCUT2D eigenvalue weighted by Crippen LogP contribution is -2.23. The monoisotopic (exact) mass is 345 g/mol. The van der Waals surface area contributed by atoms with Crippen LogP contribution >= 0.6 is 11.6 Å². The van der Waals surface area contributed by atoms with Crippen molar-refractivity contribution in [1.29, 1.82) is 0 Å². The highest BCUT2D eigenvalue weighted by atomic mass is 35.5. The Kier molecular flexibility index (Phi) is 4.62. The van der Waals surface area contributed by atoms with E-state index in [2.05, 4.69) is 11.1 Å². The Morgan fingerprint density at radius 1 is 1.42 bits per heavy atom. The van der Waals surface area contributed by atoms with Crippen LogP contribution in [0, 0.1) is 0 Å². The van der Waals surface area contributed by atoms with Crippen molar-refractivity contribution in [2.24, 2.45) is 16.5 Å². The van der Waals surface area contributed by atoms with Gasteiger partial charge in [0.25, 0.3) is 6.02 Å². The van der Waals surface area contributed by atoms with Crippen molar-refractivity contribution in [3.63, 3.8) is 0 Å². The molecule has 0 radical (unpaired) electrons. The average molecular weight is 346 g/mol. The van der Waals surface area contributed by atoms with Gasteiger partial charge in [-0.15, -0.1) is 11.6 Å². The van der Waals surface area contributed by atoms with Crippen LogP contribution in [0.15, 0.2) is 53.1 Å². The number of allylic oxidation sites excluding steroid dienone is 2. The molecular weight excluding hydrogens is 326 g/mol. The molecule has 6 heteroatoms. The maximum Gasteiger partial charge on any atom is 0.282 e. The zero-order valence-electron chi connectivity index (χ0n) is 13.2. The quantitative estimate of drug-likeness (QED) is 0.801. The molecular formula is C18H20ClN3O2. The van der Waals surface area contributed by atoms with Gasteiger partial charge in [-0.1, -0.05) is 42.5 Å². The molecule has 0 spiro atoms. The summed E-state index contributed by atoms with van der Waals surface area (Å²) in [7, 11) is 0. The van der Waals surface area contributed by atoms with Crippen molar-refractivity contribution < 1.29 is 9.53 Å². The number of hydrogen-bond donors (Lipinski definition) is 2. The molecule has 1 amide bonds. The molecule has 1 aliphatic heterocycles. The van der Waals surface area contributed by atoms with Crippen LogP contribution in [0.2, 0.25) is 0 Å². The number of aryl methyl sites for hydroxylation is 1. The number of alkyl halides is 1. The van der Waals surface area contributed by atoms with Crippen LogP contribution in [-0.4, -0.2) is 24.6 Å². The van der Waals surface area contributed by atoms with Crippen LogP contribution < -0.4 is 11.5 Å². The zero-order chi connectivity index (χ0) is 17.2. The molecule has 2 atom stereocenters. The van der Waals surface area contributed by atoms with Gasteiger partial charge in [0, 0.05) is 5.57 Å². The summed E-state index contributed by atoms with van der Waals surface area (Å²) in [6.07, 6.45) is 7.54. The minimum Gasteiger partial charge on any atom is -0.463 e. The second-order valence-electron chi connectivity index (χ2n) is 6.05. The Bertz CT molecular complexity index is 742. The summed E-state index contributed by atoms with van der Waals surface area (Å²) in [4.78, 5) is 14.9. The number of rotatable bonds is 5. The number of carbonyl (C=O) groups excluding carboxylic acids is 1. The van der Waals surface area contributed by atoms with Gasteiger partial charge in [-0.25, -0.2) is 4.99 Å². The Hall–Kier alpha value is -2.27. The summed E-state index contributed by atoms with van der Waals surface area (Å²) in [5.41, 5.74) is 13.6. The van der Waals surface area contributed by atoms with Gasteiger partial charge in [0.1, 0.15) is 6.61 Å². The molecule has 0 saturated carbocycles. The van der Waals surface area contributed by atoms with Gasteiger partial charge in [-0.05, 0) is 30.4 Å². The van der Waals surface area contributed by atoms with Gasteiger partial charge in [0.15, 0.2) is 0 Å². The van der Waals surface area contributed by atoms with Crippen LogP contribution in [0.5, 0.6) is 0 Å². The number of nitrogens with zero attached hydrogens (tertiary/aromatic N) is 1. The van der Waals surface area contributed by atoms with Gasteiger partial charge >= 0.3 is 0 Å². The zero-order valence-corrected chi connectivity index (χ0v) is 14.0. The topological polar surface area (TPSA) is 90.7 Å². The van der Waals surface area contributed by atoms with Crippen LogP contribution in [0.3, 0.4) is 0 Å². The van der Waals surface area contributed by atoms with Crippen molar-refractivity contribution in [3.8, 4) is 0 Å². The normalized spacial score (nSPS) is 25.8. The summed E-state index contributed by atoms with van der Waals surface area (Å²) < 4.78 is 5.19. The minimum atomic E-state index is -0.663. The number of amidine groups is 1. The second kappa shape index (κ2) is 6.69. The summed E-state index contributed by atoms with van der Waals surface area (Å²) in [6.45, 7) is 0.532. The Balaban J connectivity index is 1.77. The molecule has 1 aromatic rings. The maximum atomic E-state index is 11.3.